The Hall–Kier alpha value is -0.650. The van der Waals surface area contributed by atoms with Crippen molar-refractivity contribution in [3.05, 3.63) is 27.6 Å². The summed E-state index contributed by atoms with van der Waals surface area (Å²) in [4.78, 5) is 12.5. The number of anilines is 1. The van der Waals surface area contributed by atoms with Gasteiger partial charge in [0.1, 0.15) is 5.82 Å². The fourth-order valence-corrected chi connectivity index (χ4v) is 6.09. The summed E-state index contributed by atoms with van der Waals surface area (Å²) in [5.74, 6) is 2.17. The smallest absolute Gasteiger partial charge is 0.225 e. The summed E-state index contributed by atoms with van der Waals surface area (Å²) in [5, 5.41) is 2.80. The van der Waals surface area contributed by atoms with E-state index in [1.54, 1.807) is 6.07 Å². The summed E-state index contributed by atoms with van der Waals surface area (Å²) in [6, 6.07) is 4.94. The van der Waals surface area contributed by atoms with Crippen LogP contribution in [0.5, 0.6) is 0 Å². The Morgan fingerprint density at radius 3 is 2.32 bits per heavy atom. The lowest BCUT2D eigenvalue weighted by Gasteiger charge is -2.56. The normalized spacial score (nSPS) is 35.6. The molecule has 2 nitrogen and oxygen atoms in total. The lowest BCUT2D eigenvalue weighted by Crippen LogP contribution is -2.47. The van der Waals surface area contributed by atoms with Crippen LogP contribution in [0.25, 0.3) is 0 Å². The molecule has 0 unspecified atom stereocenters. The first-order valence-electron chi connectivity index (χ1n) is 8.26. The zero-order valence-corrected chi connectivity index (χ0v) is 14.7. The quantitative estimate of drug-likeness (QED) is 0.697. The Labute approximate surface area is 144 Å². The van der Waals surface area contributed by atoms with Crippen LogP contribution in [-0.2, 0) is 4.79 Å². The molecule has 0 aliphatic heterocycles. The molecule has 22 heavy (non-hydrogen) atoms. The molecule has 0 atom stereocenters. The van der Waals surface area contributed by atoms with E-state index in [0.29, 0.717) is 12.1 Å². The van der Waals surface area contributed by atoms with E-state index in [2.05, 4.69) is 27.9 Å². The van der Waals surface area contributed by atoms with Gasteiger partial charge in [0.2, 0.25) is 5.91 Å². The van der Waals surface area contributed by atoms with Crippen molar-refractivity contribution in [3.8, 4) is 0 Å². The topological polar surface area (TPSA) is 29.1 Å². The number of carbonyl (C=O) groups is 1. The van der Waals surface area contributed by atoms with Crippen molar-refractivity contribution in [2.75, 3.05) is 5.32 Å². The molecule has 4 aliphatic rings. The minimum absolute atomic E-state index is 0.0120. The molecule has 5 rings (SSSR count). The summed E-state index contributed by atoms with van der Waals surface area (Å²) in [6.07, 6.45) is 8.35. The fourth-order valence-electron chi connectivity index (χ4n) is 5.63. The minimum Gasteiger partial charge on any atom is -0.324 e. The summed E-state index contributed by atoms with van der Waals surface area (Å²) < 4.78 is 14.7. The molecule has 4 aliphatic carbocycles. The molecule has 1 aromatic rings. The van der Waals surface area contributed by atoms with E-state index in [4.69, 9.17) is 0 Å². The number of amides is 1. The third-order valence-corrected chi connectivity index (χ3v) is 6.58. The summed E-state index contributed by atoms with van der Waals surface area (Å²) in [6.45, 7) is 0. The van der Waals surface area contributed by atoms with E-state index < -0.39 is 0 Å². The zero-order chi connectivity index (χ0) is 15.3. The maximum absolute atomic E-state index is 13.9. The van der Waals surface area contributed by atoms with Gasteiger partial charge < -0.3 is 5.32 Å². The molecule has 4 heteroatoms. The van der Waals surface area contributed by atoms with Crippen LogP contribution >= 0.6 is 22.6 Å². The number of hydrogen-bond acceptors (Lipinski definition) is 1. The first-order chi connectivity index (χ1) is 10.5. The van der Waals surface area contributed by atoms with E-state index in [0.717, 1.165) is 21.3 Å². The van der Waals surface area contributed by atoms with Crippen LogP contribution < -0.4 is 5.32 Å². The highest BCUT2D eigenvalue weighted by Crippen LogP contribution is 2.61. The second kappa shape index (κ2) is 5.46. The monoisotopic (exact) mass is 413 g/mol. The average molecular weight is 413 g/mol. The van der Waals surface area contributed by atoms with Gasteiger partial charge in [0, 0.05) is 9.99 Å². The van der Waals surface area contributed by atoms with Gasteiger partial charge in [-0.05, 0) is 102 Å². The molecule has 0 saturated heterocycles. The second-order valence-corrected chi connectivity index (χ2v) is 9.01. The van der Waals surface area contributed by atoms with Gasteiger partial charge in [-0.3, -0.25) is 4.79 Å². The lowest BCUT2D eigenvalue weighted by molar-refractivity contribution is -0.124. The Balaban J connectivity index is 1.46. The fraction of sp³-hybridized carbons (Fsp3) is 0.611. The Kier molecular flexibility index (Phi) is 3.70. The number of hydrogen-bond donors (Lipinski definition) is 1. The van der Waals surface area contributed by atoms with Gasteiger partial charge in [0.15, 0.2) is 0 Å². The molecule has 0 spiro atoms. The van der Waals surface area contributed by atoms with E-state index in [1.165, 1.54) is 44.6 Å². The molecule has 1 aromatic carbocycles. The third kappa shape index (κ3) is 2.79. The zero-order valence-electron chi connectivity index (χ0n) is 12.6. The molecule has 4 fully saturated rings. The molecule has 118 valence electrons. The van der Waals surface area contributed by atoms with Gasteiger partial charge in [0.25, 0.3) is 0 Å². The Bertz CT molecular complexity index is 580. The highest BCUT2D eigenvalue weighted by atomic mass is 127. The third-order valence-electron chi connectivity index (χ3n) is 5.91. The van der Waals surface area contributed by atoms with E-state index in [-0.39, 0.29) is 17.1 Å². The maximum atomic E-state index is 13.9. The Morgan fingerprint density at radius 1 is 1.18 bits per heavy atom. The van der Waals surface area contributed by atoms with Crippen LogP contribution in [0.15, 0.2) is 18.2 Å². The molecule has 0 radical (unpaired) electrons. The van der Waals surface area contributed by atoms with Crippen molar-refractivity contribution in [2.45, 2.75) is 44.9 Å². The van der Waals surface area contributed by atoms with Crippen LogP contribution in [0.3, 0.4) is 0 Å². The summed E-state index contributed by atoms with van der Waals surface area (Å²) in [7, 11) is 0. The molecular formula is C18H21FINO. The van der Waals surface area contributed by atoms with Gasteiger partial charge in [-0.1, -0.05) is 0 Å². The molecule has 4 saturated carbocycles. The van der Waals surface area contributed by atoms with E-state index >= 15 is 0 Å². The summed E-state index contributed by atoms with van der Waals surface area (Å²) in [5.41, 5.74) is 0.522. The predicted molar refractivity (Wildman–Crippen MR) is 93.0 cm³/mol. The molecular weight excluding hydrogens is 392 g/mol. The van der Waals surface area contributed by atoms with Crippen LogP contribution in [0, 0.1) is 32.6 Å². The molecule has 1 N–H and O–H groups in total. The van der Waals surface area contributed by atoms with Crippen molar-refractivity contribution in [1.29, 1.82) is 0 Å². The van der Waals surface area contributed by atoms with E-state index in [1.807, 2.05) is 6.07 Å². The standard InChI is InChI=1S/C18H21FINO/c19-15-6-14(20)1-2-16(15)21-17(22)10-18-7-11-3-12(8-18)5-13(4-11)9-18/h1-2,6,11-13H,3-5,7-10H2,(H,21,22). The first kappa shape index (κ1) is 14.9. The number of halogens is 2. The minimum atomic E-state index is -0.342. The number of rotatable bonds is 3. The first-order valence-corrected chi connectivity index (χ1v) is 9.34. The van der Waals surface area contributed by atoms with Crippen molar-refractivity contribution < 1.29 is 9.18 Å². The van der Waals surface area contributed by atoms with Crippen LogP contribution in [0.1, 0.15) is 44.9 Å². The average Bonchev–Trinajstić information content (AvgIpc) is 2.39. The van der Waals surface area contributed by atoms with Crippen LogP contribution in [0.4, 0.5) is 10.1 Å². The molecule has 0 heterocycles. The largest absolute Gasteiger partial charge is 0.324 e. The van der Waals surface area contributed by atoms with Gasteiger partial charge in [0.05, 0.1) is 5.69 Å². The van der Waals surface area contributed by atoms with Crippen LogP contribution in [-0.4, -0.2) is 5.91 Å². The van der Waals surface area contributed by atoms with E-state index in [9.17, 15) is 9.18 Å². The number of benzene rings is 1. The summed E-state index contributed by atoms with van der Waals surface area (Å²) >= 11 is 2.07. The van der Waals surface area contributed by atoms with Gasteiger partial charge >= 0.3 is 0 Å². The van der Waals surface area contributed by atoms with Crippen molar-refractivity contribution in [2.24, 2.45) is 23.2 Å². The molecule has 0 aromatic heterocycles. The Morgan fingerprint density at radius 2 is 1.77 bits per heavy atom. The second-order valence-electron chi connectivity index (χ2n) is 7.77. The maximum Gasteiger partial charge on any atom is 0.225 e. The number of nitrogens with one attached hydrogen (secondary N) is 1. The van der Waals surface area contributed by atoms with Crippen molar-refractivity contribution >= 4 is 34.2 Å². The predicted octanol–water partition coefficient (Wildman–Crippen LogP) is 4.98. The van der Waals surface area contributed by atoms with Crippen LogP contribution in [0.2, 0.25) is 0 Å². The van der Waals surface area contributed by atoms with Crippen molar-refractivity contribution in [1.82, 2.24) is 0 Å². The van der Waals surface area contributed by atoms with Gasteiger partial charge in [-0.25, -0.2) is 4.39 Å². The van der Waals surface area contributed by atoms with Gasteiger partial charge in [-0.2, -0.15) is 0 Å². The highest BCUT2D eigenvalue weighted by molar-refractivity contribution is 14.1. The molecule has 1 amide bonds. The van der Waals surface area contributed by atoms with Gasteiger partial charge in [-0.15, -0.1) is 0 Å². The SMILES string of the molecule is O=C(CC12CC3CC(CC(C3)C1)C2)Nc1ccc(I)cc1F. The lowest BCUT2D eigenvalue weighted by atomic mass is 9.49. The highest BCUT2D eigenvalue weighted by Gasteiger charge is 2.51. The number of carbonyl (C=O) groups excluding carboxylic acids is 1. The molecule has 4 bridgehead atoms. The van der Waals surface area contributed by atoms with Crippen molar-refractivity contribution in [3.63, 3.8) is 0 Å².